The number of rotatable bonds is 5. The highest BCUT2D eigenvalue weighted by molar-refractivity contribution is 6.12. The SMILES string of the molecule is COc1ccc([N+](=O)[O-])cc1C(=O)Nc1ccc(N2CCCCC2)c2ccncc12. The van der Waals surface area contributed by atoms with Gasteiger partial charge in [0.25, 0.3) is 11.6 Å². The van der Waals surface area contributed by atoms with Crippen LogP contribution in [0.15, 0.2) is 48.8 Å². The molecule has 0 bridgehead atoms. The Labute approximate surface area is 173 Å². The predicted molar refractivity (Wildman–Crippen MR) is 115 cm³/mol. The van der Waals surface area contributed by atoms with Crippen LogP contribution in [0.5, 0.6) is 5.75 Å². The maximum absolute atomic E-state index is 13.0. The Morgan fingerprint density at radius 3 is 2.67 bits per heavy atom. The Bertz CT molecular complexity index is 1110. The number of pyridine rings is 1. The van der Waals surface area contributed by atoms with Gasteiger partial charge in [-0.25, -0.2) is 0 Å². The van der Waals surface area contributed by atoms with Gasteiger partial charge in [-0.05, 0) is 43.5 Å². The van der Waals surface area contributed by atoms with Crippen molar-refractivity contribution < 1.29 is 14.5 Å². The minimum Gasteiger partial charge on any atom is -0.496 e. The third kappa shape index (κ3) is 3.76. The van der Waals surface area contributed by atoms with Crippen LogP contribution >= 0.6 is 0 Å². The van der Waals surface area contributed by atoms with Gasteiger partial charge in [0.2, 0.25) is 0 Å². The smallest absolute Gasteiger partial charge is 0.270 e. The lowest BCUT2D eigenvalue weighted by Gasteiger charge is -2.30. The number of aromatic nitrogens is 1. The van der Waals surface area contributed by atoms with E-state index in [1.165, 1.54) is 31.7 Å². The molecule has 8 heteroatoms. The second kappa shape index (κ2) is 8.36. The van der Waals surface area contributed by atoms with Gasteiger partial charge in [0.05, 0.1) is 23.3 Å². The molecule has 30 heavy (non-hydrogen) atoms. The van der Waals surface area contributed by atoms with E-state index in [1.54, 1.807) is 12.4 Å². The first-order chi connectivity index (χ1) is 14.6. The number of carbonyl (C=O) groups excluding carboxylic acids is 1. The number of hydrogen-bond acceptors (Lipinski definition) is 6. The lowest BCUT2D eigenvalue weighted by molar-refractivity contribution is -0.384. The number of hydrogen-bond donors (Lipinski definition) is 1. The van der Waals surface area contributed by atoms with Crippen molar-refractivity contribution >= 4 is 33.7 Å². The quantitative estimate of drug-likeness (QED) is 0.498. The van der Waals surface area contributed by atoms with Gasteiger partial charge >= 0.3 is 0 Å². The number of benzene rings is 2. The molecule has 1 saturated heterocycles. The van der Waals surface area contributed by atoms with Gasteiger partial charge in [-0.3, -0.25) is 19.9 Å². The molecule has 0 aliphatic carbocycles. The van der Waals surface area contributed by atoms with E-state index >= 15 is 0 Å². The highest BCUT2D eigenvalue weighted by Gasteiger charge is 2.20. The van der Waals surface area contributed by atoms with Crippen molar-refractivity contribution in [3.63, 3.8) is 0 Å². The van der Waals surface area contributed by atoms with Crippen LogP contribution in [0.3, 0.4) is 0 Å². The van der Waals surface area contributed by atoms with E-state index in [0.717, 1.165) is 42.4 Å². The van der Waals surface area contributed by atoms with Gasteiger partial charge in [0.1, 0.15) is 5.75 Å². The third-order valence-electron chi connectivity index (χ3n) is 5.38. The number of nitro groups is 1. The molecule has 8 nitrogen and oxygen atoms in total. The number of ether oxygens (including phenoxy) is 1. The Kier molecular flexibility index (Phi) is 5.47. The molecule has 0 unspecified atom stereocenters. The van der Waals surface area contributed by atoms with Gasteiger partial charge in [0, 0.05) is 54.1 Å². The number of anilines is 2. The van der Waals surface area contributed by atoms with Gasteiger partial charge in [-0.2, -0.15) is 0 Å². The molecule has 0 saturated carbocycles. The summed E-state index contributed by atoms with van der Waals surface area (Å²) in [6.07, 6.45) is 7.04. The van der Waals surface area contributed by atoms with E-state index < -0.39 is 10.8 Å². The van der Waals surface area contributed by atoms with Crippen LogP contribution in [0.2, 0.25) is 0 Å². The first kappa shape index (κ1) is 19.6. The molecule has 1 aliphatic rings. The van der Waals surface area contributed by atoms with Gasteiger partial charge in [-0.1, -0.05) is 0 Å². The molecule has 2 heterocycles. The summed E-state index contributed by atoms with van der Waals surface area (Å²) < 4.78 is 5.22. The van der Waals surface area contributed by atoms with Crippen LogP contribution in [0.4, 0.5) is 17.1 Å². The van der Waals surface area contributed by atoms with E-state index in [9.17, 15) is 14.9 Å². The molecule has 1 aromatic heterocycles. The highest BCUT2D eigenvalue weighted by atomic mass is 16.6. The number of nitrogens with one attached hydrogen (secondary N) is 1. The summed E-state index contributed by atoms with van der Waals surface area (Å²) in [5.41, 5.74) is 1.65. The van der Waals surface area contributed by atoms with Crippen molar-refractivity contribution in [1.29, 1.82) is 0 Å². The number of fused-ring (bicyclic) bond motifs is 1. The zero-order chi connectivity index (χ0) is 21.1. The average molecular weight is 406 g/mol. The van der Waals surface area contributed by atoms with Gasteiger partial charge < -0.3 is 15.0 Å². The van der Waals surface area contributed by atoms with E-state index in [4.69, 9.17) is 4.74 Å². The zero-order valence-electron chi connectivity index (χ0n) is 16.6. The topological polar surface area (TPSA) is 97.6 Å². The fraction of sp³-hybridized carbons (Fsp3) is 0.273. The summed E-state index contributed by atoms with van der Waals surface area (Å²) in [5, 5.41) is 15.8. The van der Waals surface area contributed by atoms with E-state index in [2.05, 4.69) is 15.2 Å². The molecule has 2 aromatic carbocycles. The van der Waals surface area contributed by atoms with Crippen molar-refractivity contribution in [2.45, 2.75) is 19.3 Å². The average Bonchev–Trinajstić information content (AvgIpc) is 2.79. The normalized spacial score (nSPS) is 13.8. The molecule has 0 atom stereocenters. The number of amides is 1. The zero-order valence-corrected chi connectivity index (χ0v) is 16.6. The lowest BCUT2D eigenvalue weighted by Crippen LogP contribution is -2.29. The molecule has 0 radical (unpaired) electrons. The molecule has 1 fully saturated rings. The molecular weight excluding hydrogens is 384 g/mol. The molecular formula is C22H22N4O4. The third-order valence-corrected chi connectivity index (χ3v) is 5.38. The monoisotopic (exact) mass is 406 g/mol. The van der Waals surface area contributed by atoms with Crippen molar-refractivity contribution in [2.75, 3.05) is 30.4 Å². The molecule has 3 aromatic rings. The van der Waals surface area contributed by atoms with Crippen molar-refractivity contribution in [1.82, 2.24) is 4.98 Å². The van der Waals surface area contributed by atoms with Crippen LogP contribution in [0.1, 0.15) is 29.6 Å². The second-order valence-electron chi connectivity index (χ2n) is 7.20. The Morgan fingerprint density at radius 2 is 1.93 bits per heavy atom. The summed E-state index contributed by atoms with van der Waals surface area (Å²) in [6, 6.07) is 9.76. The molecule has 154 valence electrons. The van der Waals surface area contributed by atoms with Crippen molar-refractivity contribution in [2.24, 2.45) is 0 Å². The molecule has 1 amide bonds. The van der Waals surface area contributed by atoms with Gasteiger partial charge in [0.15, 0.2) is 0 Å². The van der Waals surface area contributed by atoms with Crippen LogP contribution in [0, 0.1) is 10.1 Å². The van der Waals surface area contributed by atoms with E-state index in [-0.39, 0.29) is 17.0 Å². The molecule has 1 aliphatic heterocycles. The summed E-state index contributed by atoms with van der Waals surface area (Å²) in [4.78, 5) is 30.1. The lowest BCUT2D eigenvalue weighted by atomic mass is 10.0. The number of non-ortho nitro benzene ring substituents is 1. The Balaban J connectivity index is 1.70. The minimum atomic E-state index is -0.539. The van der Waals surface area contributed by atoms with Crippen LogP contribution in [-0.4, -0.2) is 36.0 Å². The minimum absolute atomic E-state index is 0.101. The van der Waals surface area contributed by atoms with Crippen LogP contribution in [-0.2, 0) is 0 Å². The van der Waals surface area contributed by atoms with Crippen molar-refractivity contribution in [3.05, 3.63) is 64.5 Å². The number of methoxy groups -OCH3 is 1. The maximum atomic E-state index is 13.0. The van der Waals surface area contributed by atoms with E-state index in [0.29, 0.717) is 5.69 Å². The summed E-state index contributed by atoms with van der Waals surface area (Å²) in [6.45, 7) is 2.02. The largest absolute Gasteiger partial charge is 0.496 e. The number of piperidine rings is 1. The fourth-order valence-electron chi connectivity index (χ4n) is 3.87. The number of nitro benzene ring substituents is 1. The standard InChI is InChI=1S/C22H22N4O4/c1-30-21-8-5-15(26(28)29)13-17(21)22(27)24-19-6-7-20(25-11-3-2-4-12-25)16-9-10-23-14-18(16)19/h5-10,13-14H,2-4,11-12H2,1H3,(H,24,27). The summed E-state index contributed by atoms with van der Waals surface area (Å²) in [5.74, 6) is -0.211. The Hall–Kier alpha value is -3.68. The van der Waals surface area contributed by atoms with Crippen molar-refractivity contribution in [3.8, 4) is 5.75 Å². The first-order valence-electron chi connectivity index (χ1n) is 9.84. The van der Waals surface area contributed by atoms with Gasteiger partial charge in [-0.15, -0.1) is 0 Å². The Morgan fingerprint density at radius 1 is 1.13 bits per heavy atom. The molecule has 4 rings (SSSR count). The van der Waals surface area contributed by atoms with E-state index in [1.807, 2.05) is 18.2 Å². The van der Waals surface area contributed by atoms with Crippen LogP contribution < -0.4 is 15.0 Å². The molecule has 1 N–H and O–H groups in total. The summed E-state index contributed by atoms with van der Waals surface area (Å²) >= 11 is 0. The fourth-order valence-corrected chi connectivity index (χ4v) is 3.87. The second-order valence-corrected chi connectivity index (χ2v) is 7.20. The summed E-state index contributed by atoms with van der Waals surface area (Å²) in [7, 11) is 1.42. The molecule has 0 spiro atoms. The highest BCUT2D eigenvalue weighted by Crippen LogP contribution is 2.34. The number of nitrogens with zero attached hydrogens (tertiary/aromatic N) is 3. The first-order valence-corrected chi connectivity index (χ1v) is 9.84. The maximum Gasteiger partial charge on any atom is 0.270 e. The predicted octanol–water partition coefficient (Wildman–Crippen LogP) is 4.39. The van der Waals surface area contributed by atoms with Crippen LogP contribution in [0.25, 0.3) is 10.8 Å². The number of carbonyl (C=O) groups is 1.